The van der Waals surface area contributed by atoms with Gasteiger partial charge in [0.05, 0.1) is 6.26 Å². The van der Waals surface area contributed by atoms with Crippen LogP contribution in [0.15, 0.2) is 0 Å². The van der Waals surface area contributed by atoms with E-state index in [0.29, 0.717) is 0 Å². The van der Waals surface area contributed by atoms with E-state index in [0.717, 1.165) is 6.26 Å². The van der Waals surface area contributed by atoms with Gasteiger partial charge in [-0.25, -0.2) is 0 Å². The molecule has 0 rings (SSSR count). The molecule has 40 valence electrons. The van der Waals surface area contributed by atoms with Crippen LogP contribution in [0.2, 0.25) is 0 Å². The summed E-state index contributed by atoms with van der Waals surface area (Å²) in [5.41, 5.74) is 0. The SMILES string of the molecule is CS(=O)(O)(Cl)Cl. The lowest BCUT2D eigenvalue weighted by atomic mass is 12.0. The number of hydrogen-bond donors (Lipinski definition) is 1. The van der Waals surface area contributed by atoms with Crippen molar-refractivity contribution >= 4 is 29.1 Å². The second-order valence-electron chi connectivity index (χ2n) is 1.05. The molecule has 0 aliphatic carbocycles. The molecular formula is CH4Cl2O2S. The Bertz CT molecular complexity index is 89.2. The molecule has 2 nitrogen and oxygen atoms in total. The third-order valence-corrected chi connectivity index (χ3v) is 0. The minimum atomic E-state index is -4.16. The van der Waals surface area contributed by atoms with Gasteiger partial charge in [-0.1, -0.05) is 7.77 Å². The van der Waals surface area contributed by atoms with Crippen molar-refractivity contribution in [2.75, 3.05) is 6.26 Å². The van der Waals surface area contributed by atoms with Crippen LogP contribution in [-0.4, -0.2) is 15.0 Å². The van der Waals surface area contributed by atoms with Crippen molar-refractivity contribution in [3.8, 4) is 0 Å². The molecule has 5 heteroatoms. The van der Waals surface area contributed by atoms with Gasteiger partial charge in [0, 0.05) is 21.4 Å². The molecule has 0 atom stereocenters. The first-order chi connectivity index (χ1) is 2.24. The summed E-state index contributed by atoms with van der Waals surface area (Å²) in [5, 5.41) is 0. The predicted molar refractivity (Wildman–Crippen MR) is 28.4 cm³/mol. The summed E-state index contributed by atoms with van der Waals surface area (Å²) in [6.07, 6.45) is 0.848. The van der Waals surface area contributed by atoms with Gasteiger partial charge in [-0.2, -0.15) is 4.21 Å². The Hall–Kier alpha value is 0.690. The fourth-order valence-electron chi connectivity index (χ4n) is 0. The van der Waals surface area contributed by atoms with Crippen molar-refractivity contribution in [2.24, 2.45) is 0 Å². The molecule has 0 amide bonds. The summed E-state index contributed by atoms with van der Waals surface area (Å²) < 4.78 is 17.9. The van der Waals surface area contributed by atoms with E-state index in [-0.39, 0.29) is 0 Å². The topological polar surface area (TPSA) is 37.3 Å². The lowest BCUT2D eigenvalue weighted by molar-refractivity contribution is 0.557. The molecule has 0 radical (unpaired) electrons. The first-order valence-corrected chi connectivity index (χ1v) is 5.05. The maximum absolute atomic E-state index is 9.88. The summed E-state index contributed by atoms with van der Waals surface area (Å²) in [6, 6.07) is 0. The van der Waals surface area contributed by atoms with Crippen molar-refractivity contribution in [3.63, 3.8) is 0 Å². The van der Waals surface area contributed by atoms with E-state index in [1.54, 1.807) is 0 Å². The standard InChI is InChI=1S/CH4Cl2O2S/c1-6(2,3,4)5/h1H3,(H,4,5). The highest BCUT2D eigenvalue weighted by molar-refractivity contribution is 8.49. The molecule has 0 aromatic rings. The molecule has 0 unspecified atom stereocenters. The maximum Gasteiger partial charge on any atom is 0.0527 e. The van der Waals surface area contributed by atoms with Crippen molar-refractivity contribution in [2.45, 2.75) is 0 Å². The van der Waals surface area contributed by atoms with E-state index in [2.05, 4.69) is 21.4 Å². The Kier molecular flexibility index (Phi) is 1.22. The highest BCUT2D eigenvalue weighted by atomic mass is 36.0. The first kappa shape index (κ1) is 6.69. The van der Waals surface area contributed by atoms with Crippen molar-refractivity contribution < 1.29 is 8.76 Å². The molecule has 0 spiro atoms. The van der Waals surface area contributed by atoms with Gasteiger partial charge in [0.25, 0.3) is 0 Å². The van der Waals surface area contributed by atoms with Crippen molar-refractivity contribution in [3.05, 3.63) is 0 Å². The zero-order valence-corrected chi connectivity index (χ0v) is 5.35. The van der Waals surface area contributed by atoms with Gasteiger partial charge in [-0.05, 0) is 0 Å². The van der Waals surface area contributed by atoms with Crippen LogP contribution in [0.3, 0.4) is 0 Å². The maximum atomic E-state index is 9.88. The molecule has 0 aliphatic heterocycles. The van der Waals surface area contributed by atoms with Gasteiger partial charge >= 0.3 is 0 Å². The summed E-state index contributed by atoms with van der Waals surface area (Å²) in [4.78, 5) is 0. The fraction of sp³-hybridized carbons (Fsp3) is 1.00. The van der Waals surface area contributed by atoms with Gasteiger partial charge in [-0.3, -0.25) is 4.55 Å². The largest absolute Gasteiger partial charge is 0.278 e. The molecule has 0 aliphatic rings. The Morgan fingerprint density at radius 2 is 1.67 bits per heavy atom. The highest BCUT2D eigenvalue weighted by Gasteiger charge is 2.07. The monoisotopic (exact) mass is 150 g/mol. The Morgan fingerprint density at radius 1 is 1.67 bits per heavy atom. The molecule has 0 saturated heterocycles. The zero-order chi connectivity index (χ0) is 5.45. The van der Waals surface area contributed by atoms with Gasteiger partial charge in [0.2, 0.25) is 0 Å². The van der Waals surface area contributed by atoms with Crippen LogP contribution in [0.25, 0.3) is 0 Å². The van der Waals surface area contributed by atoms with Crippen LogP contribution in [0.1, 0.15) is 0 Å². The summed E-state index contributed by atoms with van der Waals surface area (Å²) >= 11 is 0. The lowest BCUT2D eigenvalue weighted by Gasteiger charge is -2.18. The zero-order valence-electron chi connectivity index (χ0n) is 3.02. The second kappa shape index (κ2) is 1.10. The van der Waals surface area contributed by atoms with Gasteiger partial charge in [0.15, 0.2) is 0 Å². The molecule has 6 heavy (non-hydrogen) atoms. The van der Waals surface area contributed by atoms with E-state index >= 15 is 0 Å². The average Bonchev–Trinajstić information content (AvgIpc) is 0.650. The van der Waals surface area contributed by atoms with Crippen LogP contribution in [0.4, 0.5) is 0 Å². The number of rotatable bonds is 0. The highest BCUT2D eigenvalue weighted by Crippen LogP contribution is 2.26. The van der Waals surface area contributed by atoms with Crippen LogP contribution in [-0.2, 0) is 7.77 Å². The van der Waals surface area contributed by atoms with Gasteiger partial charge in [0.1, 0.15) is 0 Å². The smallest absolute Gasteiger partial charge is 0.0527 e. The van der Waals surface area contributed by atoms with Crippen LogP contribution in [0, 0.1) is 0 Å². The third-order valence-electron chi connectivity index (χ3n) is 0. The fourth-order valence-corrected chi connectivity index (χ4v) is 0. The average molecular weight is 151 g/mol. The summed E-state index contributed by atoms with van der Waals surface area (Å²) in [5.74, 6) is 0. The first-order valence-electron chi connectivity index (χ1n) is 1.07. The number of halogens is 2. The van der Waals surface area contributed by atoms with Gasteiger partial charge in [-0.15, -0.1) is 0 Å². The van der Waals surface area contributed by atoms with E-state index < -0.39 is 7.77 Å². The quantitative estimate of drug-likeness (QED) is 0.528. The van der Waals surface area contributed by atoms with Crippen LogP contribution in [0.5, 0.6) is 0 Å². The van der Waals surface area contributed by atoms with Crippen molar-refractivity contribution in [1.82, 2.24) is 0 Å². The molecule has 0 bridgehead atoms. The molecule has 0 heterocycles. The van der Waals surface area contributed by atoms with E-state index in [1.807, 2.05) is 0 Å². The third kappa shape index (κ3) is 134. The molecule has 0 saturated carbocycles. The van der Waals surface area contributed by atoms with Gasteiger partial charge < -0.3 is 0 Å². The molecule has 0 fully saturated rings. The minimum Gasteiger partial charge on any atom is -0.278 e. The molecule has 0 aromatic carbocycles. The van der Waals surface area contributed by atoms with E-state index in [9.17, 15) is 4.21 Å². The summed E-state index contributed by atoms with van der Waals surface area (Å²) in [7, 11) is 5.16. The number of hydrogen-bond acceptors (Lipinski definition) is 1. The predicted octanol–water partition coefficient (Wildman–Crippen LogP) is 1.22. The Morgan fingerprint density at radius 3 is 1.67 bits per heavy atom. The molecular weight excluding hydrogens is 147 g/mol. The Labute approximate surface area is 44.7 Å². The molecule has 1 N–H and O–H groups in total. The lowest BCUT2D eigenvalue weighted by Crippen LogP contribution is -2.09. The van der Waals surface area contributed by atoms with Crippen molar-refractivity contribution in [1.29, 1.82) is 0 Å². The second-order valence-corrected chi connectivity index (χ2v) is 8.00. The van der Waals surface area contributed by atoms with Crippen LogP contribution >= 0.6 is 21.4 Å². The normalized spacial score (nSPS) is 19.0. The van der Waals surface area contributed by atoms with E-state index in [4.69, 9.17) is 4.55 Å². The Balaban J connectivity index is 4.16. The summed E-state index contributed by atoms with van der Waals surface area (Å²) in [6.45, 7) is 0. The molecule has 0 aromatic heterocycles. The minimum absolute atomic E-state index is 0.848. The van der Waals surface area contributed by atoms with Crippen LogP contribution < -0.4 is 0 Å². The van der Waals surface area contributed by atoms with E-state index in [1.165, 1.54) is 0 Å².